The molecule has 4 rings (SSSR count). The van der Waals surface area contributed by atoms with E-state index in [1.807, 2.05) is 48.5 Å². The maximum absolute atomic E-state index is 6.15. The van der Waals surface area contributed by atoms with E-state index in [0.717, 1.165) is 35.7 Å². The van der Waals surface area contributed by atoms with Crippen molar-refractivity contribution in [3.05, 3.63) is 48.5 Å². The molecule has 4 atom stereocenters. The highest BCUT2D eigenvalue weighted by Gasteiger charge is 2.48. The fourth-order valence-electron chi connectivity index (χ4n) is 3.90. The molecule has 0 heterocycles. The van der Waals surface area contributed by atoms with Crippen molar-refractivity contribution in [1.82, 2.24) is 0 Å². The van der Waals surface area contributed by atoms with Gasteiger partial charge in [-0.1, -0.05) is 0 Å². The van der Waals surface area contributed by atoms with Crippen LogP contribution in [0.25, 0.3) is 0 Å². The molecule has 4 heteroatoms. The van der Waals surface area contributed by atoms with Crippen molar-refractivity contribution in [2.45, 2.75) is 31.5 Å². The lowest BCUT2D eigenvalue weighted by Gasteiger charge is -2.29. The van der Waals surface area contributed by atoms with Crippen molar-refractivity contribution >= 4 is 11.4 Å². The lowest BCUT2D eigenvalue weighted by molar-refractivity contribution is 0.0711. The van der Waals surface area contributed by atoms with Crippen LogP contribution in [-0.2, 0) is 0 Å². The van der Waals surface area contributed by atoms with Crippen LogP contribution in [0.4, 0.5) is 11.4 Å². The summed E-state index contributed by atoms with van der Waals surface area (Å²) in [4.78, 5) is 0. The van der Waals surface area contributed by atoms with Crippen LogP contribution in [0.2, 0.25) is 0 Å². The molecule has 120 valence electrons. The van der Waals surface area contributed by atoms with Crippen LogP contribution >= 0.6 is 0 Å². The first-order chi connectivity index (χ1) is 11.2. The SMILES string of the molecule is Nc1ccc(OC2CC3CC2CC3Oc2ccc(N)cc2)cc1. The van der Waals surface area contributed by atoms with E-state index in [9.17, 15) is 0 Å². The number of hydrogen-bond acceptors (Lipinski definition) is 4. The van der Waals surface area contributed by atoms with Crippen LogP contribution in [-0.4, -0.2) is 12.2 Å². The third-order valence-electron chi connectivity index (χ3n) is 5.06. The minimum absolute atomic E-state index is 0.301. The average molecular weight is 310 g/mol. The molecule has 4 unspecified atom stereocenters. The zero-order valence-electron chi connectivity index (χ0n) is 13.0. The van der Waals surface area contributed by atoms with Crippen molar-refractivity contribution in [3.63, 3.8) is 0 Å². The maximum Gasteiger partial charge on any atom is 0.119 e. The second kappa shape index (κ2) is 5.69. The molecule has 23 heavy (non-hydrogen) atoms. The summed E-state index contributed by atoms with van der Waals surface area (Å²) in [6, 6.07) is 15.3. The van der Waals surface area contributed by atoms with Gasteiger partial charge in [-0.3, -0.25) is 0 Å². The van der Waals surface area contributed by atoms with Crippen LogP contribution in [0.3, 0.4) is 0 Å². The molecular formula is C19H22N2O2. The van der Waals surface area contributed by atoms with E-state index in [1.165, 1.54) is 6.42 Å². The molecule has 0 radical (unpaired) electrons. The van der Waals surface area contributed by atoms with Gasteiger partial charge < -0.3 is 20.9 Å². The predicted molar refractivity (Wildman–Crippen MR) is 91.4 cm³/mol. The molecule has 2 fully saturated rings. The van der Waals surface area contributed by atoms with Gasteiger partial charge in [0, 0.05) is 11.4 Å². The second-order valence-electron chi connectivity index (χ2n) is 6.68. The fraction of sp³-hybridized carbons (Fsp3) is 0.368. The van der Waals surface area contributed by atoms with E-state index in [2.05, 4.69) is 0 Å². The molecule has 4 N–H and O–H groups in total. The van der Waals surface area contributed by atoms with Crippen molar-refractivity contribution in [1.29, 1.82) is 0 Å². The first-order valence-electron chi connectivity index (χ1n) is 8.22. The van der Waals surface area contributed by atoms with Crippen LogP contribution < -0.4 is 20.9 Å². The lowest BCUT2D eigenvalue weighted by Crippen LogP contribution is -2.32. The Hall–Kier alpha value is -2.36. The van der Waals surface area contributed by atoms with Crippen LogP contribution in [0.5, 0.6) is 11.5 Å². The third kappa shape index (κ3) is 2.93. The molecule has 0 amide bonds. The Bertz CT molecular complexity index is 609. The first kappa shape index (κ1) is 14.2. The van der Waals surface area contributed by atoms with Crippen LogP contribution in [0.1, 0.15) is 19.3 Å². The normalized spacial score (nSPS) is 28.7. The van der Waals surface area contributed by atoms with Crippen molar-refractivity contribution in [2.24, 2.45) is 11.8 Å². The highest BCUT2D eigenvalue weighted by atomic mass is 16.5. The minimum Gasteiger partial charge on any atom is -0.490 e. The van der Waals surface area contributed by atoms with E-state index in [1.54, 1.807) is 0 Å². The van der Waals surface area contributed by atoms with Gasteiger partial charge in [-0.25, -0.2) is 0 Å². The average Bonchev–Trinajstić information content (AvgIpc) is 3.12. The van der Waals surface area contributed by atoms with Gasteiger partial charge in [-0.05, 0) is 79.6 Å². The molecule has 2 aromatic carbocycles. The van der Waals surface area contributed by atoms with E-state index in [-0.39, 0.29) is 0 Å². The molecule has 2 saturated carbocycles. The highest BCUT2D eigenvalue weighted by Crippen LogP contribution is 2.47. The topological polar surface area (TPSA) is 70.5 Å². The van der Waals surface area contributed by atoms with Gasteiger partial charge >= 0.3 is 0 Å². The summed E-state index contributed by atoms with van der Waals surface area (Å²) in [5.41, 5.74) is 13.0. The number of benzene rings is 2. The molecule has 0 saturated heterocycles. The Kier molecular flexibility index (Phi) is 3.52. The van der Waals surface area contributed by atoms with Crippen molar-refractivity contribution < 1.29 is 9.47 Å². The van der Waals surface area contributed by atoms with E-state index >= 15 is 0 Å². The van der Waals surface area contributed by atoms with Crippen molar-refractivity contribution in [3.8, 4) is 11.5 Å². The molecular weight excluding hydrogens is 288 g/mol. The molecule has 4 nitrogen and oxygen atoms in total. The van der Waals surface area contributed by atoms with E-state index in [4.69, 9.17) is 20.9 Å². The summed E-state index contributed by atoms with van der Waals surface area (Å²) in [5.74, 6) is 2.98. The van der Waals surface area contributed by atoms with Gasteiger partial charge in [0.25, 0.3) is 0 Å². The second-order valence-corrected chi connectivity index (χ2v) is 6.68. The smallest absolute Gasteiger partial charge is 0.119 e. The largest absolute Gasteiger partial charge is 0.490 e. The Balaban J connectivity index is 1.36. The standard InChI is InChI=1S/C19H22N2O2/c20-14-1-5-16(6-2-14)22-18-10-13-9-12(18)11-19(13)23-17-7-3-15(21)4-8-17/h1-8,12-13,18-19H,9-11,20-21H2. The van der Waals surface area contributed by atoms with Crippen LogP contribution in [0.15, 0.2) is 48.5 Å². The maximum atomic E-state index is 6.15. The zero-order valence-corrected chi connectivity index (χ0v) is 13.0. The molecule has 2 aliphatic carbocycles. The number of fused-ring (bicyclic) bond motifs is 2. The summed E-state index contributed by atoms with van der Waals surface area (Å²) < 4.78 is 12.3. The predicted octanol–water partition coefficient (Wildman–Crippen LogP) is 3.48. The first-order valence-corrected chi connectivity index (χ1v) is 8.22. The van der Waals surface area contributed by atoms with Gasteiger partial charge in [-0.15, -0.1) is 0 Å². The summed E-state index contributed by atoms with van der Waals surface area (Å²) in [5, 5.41) is 0. The lowest BCUT2D eigenvalue weighted by atomic mass is 9.95. The van der Waals surface area contributed by atoms with Gasteiger partial charge in [-0.2, -0.15) is 0 Å². The number of nitrogen functional groups attached to an aromatic ring is 2. The molecule has 2 aromatic rings. The fourth-order valence-corrected chi connectivity index (χ4v) is 3.90. The van der Waals surface area contributed by atoms with Crippen LogP contribution in [0, 0.1) is 11.8 Å². The van der Waals surface area contributed by atoms with Gasteiger partial charge in [0.05, 0.1) is 0 Å². The van der Waals surface area contributed by atoms with E-state index < -0.39 is 0 Å². The number of anilines is 2. The Labute approximate surface area is 136 Å². The molecule has 0 spiro atoms. The van der Waals surface area contributed by atoms with E-state index in [0.29, 0.717) is 24.0 Å². The number of hydrogen-bond donors (Lipinski definition) is 2. The monoisotopic (exact) mass is 310 g/mol. The number of nitrogens with two attached hydrogens (primary N) is 2. The Morgan fingerprint density at radius 3 is 1.35 bits per heavy atom. The number of rotatable bonds is 4. The highest BCUT2D eigenvalue weighted by molar-refractivity contribution is 5.42. The molecule has 2 bridgehead atoms. The Morgan fingerprint density at radius 2 is 1.00 bits per heavy atom. The molecule has 2 aliphatic rings. The molecule has 0 aliphatic heterocycles. The quantitative estimate of drug-likeness (QED) is 0.848. The zero-order chi connectivity index (χ0) is 15.8. The number of ether oxygens (including phenoxy) is 2. The van der Waals surface area contributed by atoms with Gasteiger partial charge in [0.15, 0.2) is 0 Å². The van der Waals surface area contributed by atoms with Crippen molar-refractivity contribution in [2.75, 3.05) is 11.5 Å². The van der Waals surface area contributed by atoms with Gasteiger partial charge in [0.2, 0.25) is 0 Å². The van der Waals surface area contributed by atoms with Gasteiger partial charge in [0.1, 0.15) is 23.7 Å². The summed E-state index contributed by atoms with van der Waals surface area (Å²) >= 11 is 0. The minimum atomic E-state index is 0.301. The summed E-state index contributed by atoms with van der Waals surface area (Å²) in [6.07, 6.45) is 3.92. The Morgan fingerprint density at radius 1 is 0.609 bits per heavy atom. The summed E-state index contributed by atoms with van der Waals surface area (Å²) in [7, 11) is 0. The molecule has 0 aromatic heterocycles. The summed E-state index contributed by atoms with van der Waals surface area (Å²) in [6.45, 7) is 0. The third-order valence-corrected chi connectivity index (χ3v) is 5.06.